The summed E-state index contributed by atoms with van der Waals surface area (Å²) in [5.41, 5.74) is 6.79. The van der Waals surface area contributed by atoms with E-state index >= 15 is 0 Å². The fourth-order valence-electron chi connectivity index (χ4n) is 11.9. The number of ether oxygens (including phenoxy) is 4. The number of methoxy groups -OCH3 is 1. The molecule has 2 unspecified atom stereocenters. The van der Waals surface area contributed by atoms with Crippen LogP contribution in [0.3, 0.4) is 0 Å². The van der Waals surface area contributed by atoms with E-state index in [1.165, 1.54) is 19.1 Å². The average molecular weight is 1350 g/mol. The number of carbonyl (C=O) groups excluding carboxylic acids is 10. The number of rotatable bonds is 40. The third-order valence-corrected chi connectivity index (χ3v) is 18.0. The zero-order chi connectivity index (χ0) is 72.1. The van der Waals surface area contributed by atoms with Gasteiger partial charge in [-0.05, 0) is 97.8 Å². The molecule has 96 heavy (non-hydrogen) atoms. The molecule has 11 N–H and O–H groups in total. The number of nitrogens with zero attached hydrogens (tertiary/aromatic N) is 3. The molecule has 0 aliphatic carbocycles. The molecule has 2 aromatic rings. The predicted octanol–water partition coefficient (Wildman–Crippen LogP) is 5.71. The van der Waals surface area contributed by atoms with Crippen molar-refractivity contribution < 1.29 is 77.1 Å². The summed E-state index contributed by atoms with van der Waals surface area (Å²) in [4.78, 5) is 140. The first-order valence-corrected chi connectivity index (χ1v) is 33.8. The Bertz CT molecular complexity index is 2790. The predicted molar refractivity (Wildman–Crippen MR) is 363 cm³/mol. The number of urea groups is 1. The number of carbonyl (C=O) groups is 10. The van der Waals surface area contributed by atoms with Crippen LogP contribution in [-0.4, -0.2) is 193 Å². The third-order valence-electron chi connectivity index (χ3n) is 18.0. The van der Waals surface area contributed by atoms with Gasteiger partial charge in [-0.2, -0.15) is 0 Å². The van der Waals surface area contributed by atoms with Crippen LogP contribution in [0.2, 0.25) is 0 Å². The Balaban J connectivity index is 1.64. The molecule has 1 saturated heterocycles. The Morgan fingerprint density at radius 2 is 1.35 bits per heavy atom. The average Bonchev–Trinajstić information content (AvgIpc) is 1.73. The van der Waals surface area contributed by atoms with Gasteiger partial charge in [0.1, 0.15) is 37.4 Å². The van der Waals surface area contributed by atoms with Crippen molar-refractivity contribution in [1.82, 2.24) is 46.6 Å². The number of nitrogens with two attached hydrogens (primary N) is 1. The van der Waals surface area contributed by atoms with Crippen LogP contribution in [0.5, 0.6) is 0 Å². The molecule has 27 heteroatoms. The van der Waals surface area contributed by atoms with Gasteiger partial charge in [0.05, 0.1) is 24.9 Å². The number of amides is 11. The minimum atomic E-state index is -1.15. The number of nitrogens with one attached hydrogen (secondary N) is 7. The van der Waals surface area contributed by atoms with E-state index in [-0.39, 0.29) is 106 Å². The first-order chi connectivity index (χ1) is 45.3. The van der Waals surface area contributed by atoms with Gasteiger partial charge in [-0.3, -0.25) is 38.5 Å². The van der Waals surface area contributed by atoms with Crippen molar-refractivity contribution in [2.75, 3.05) is 59.4 Å². The molecule has 14 atom stereocenters. The smallest absolute Gasteiger partial charge is 0.410 e. The molecule has 1 aliphatic rings. The highest BCUT2D eigenvalue weighted by Crippen LogP contribution is 2.33. The number of hydrogen-bond donors (Lipinski definition) is 10. The molecule has 1 fully saturated rings. The first kappa shape index (κ1) is 82.6. The zero-order valence-corrected chi connectivity index (χ0v) is 59.4. The topological polar surface area (TPSA) is 368 Å². The lowest BCUT2D eigenvalue weighted by Crippen LogP contribution is -2.59. The number of aliphatic hydroxyl groups excluding tert-OH is 2. The second-order valence-corrected chi connectivity index (χ2v) is 26.4. The van der Waals surface area contributed by atoms with Crippen LogP contribution in [0.15, 0.2) is 54.6 Å². The van der Waals surface area contributed by atoms with Crippen LogP contribution in [0, 0.1) is 41.4 Å². The SMILES string of the molecule is CCC(CO)OC(COC(=O)NCCC(=O)N[C@@H](C(=O)N[C@H](CCCNC(N)=O)C(=O)Nc1ccc(COC(=O)N(C)[C@H](C(=O)N[C@H](C(=O)N(C)[C@H]([C@H](C)CC(=O)N2CCC[C@H]2[C@H](C)[C@@H](C)C(=O)N[C@H](C)[C@@H](O)c2ccccc2)[C@@H](C)CC)C(C)C)C(C)C)cc1)C(C)C)OC. The molecule has 11 amide bonds. The number of alkyl carbamates (subject to hydrolysis) is 1. The van der Waals surface area contributed by atoms with Crippen LogP contribution in [-0.2, 0) is 59.1 Å². The quantitative estimate of drug-likeness (QED) is 0.0282. The molecule has 2 aromatic carbocycles. The van der Waals surface area contributed by atoms with Crippen molar-refractivity contribution in [2.45, 2.75) is 209 Å². The van der Waals surface area contributed by atoms with Crippen LogP contribution in [0.25, 0.3) is 0 Å². The number of benzene rings is 2. The maximum atomic E-state index is 14.7. The van der Waals surface area contributed by atoms with E-state index in [9.17, 15) is 58.2 Å². The van der Waals surface area contributed by atoms with Crippen molar-refractivity contribution in [1.29, 1.82) is 0 Å². The number of aliphatic hydroxyl groups is 2. The van der Waals surface area contributed by atoms with Gasteiger partial charge in [0.15, 0.2) is 6.29 Å². The normalized spacial score (nSPS) is 17.1. The van der Waals surface area contributed by atoms with Crippen LogP contribution in [0.1, 0.15) is 159 Å². The number of likely N-dealkylation sites (tertiary alicyclic amines) is 1. The van der Waals surface area contributed by atoms with E-state index in [1.807, 2.05) is 90.6 Å². The molecule has 0 spiro atoms. The maximum Gasteiger partial charge on any atom is 0.410 e. The number of likely N-dealkylation sites (N-methyl/N-ethyl adjacent to an activating group) is 2. The Morgan fingerprint density at radius 3 is 1.93 bits per heavy atom. The van der Waals surface area contributed by atoms with Crippen molar-refractivity contribution in [3.8, 4) is 0 Å². The van der Waals surface area contributed by atoms with Gasteiger partial charge in [0, 0.05) is 77.4 Å². The largest absolute Gasteiger partial charge is 0.445 e. The summed E-state index contributed by atoms with van der Waals surface area (Å²) in [6, 6.07) is 9.31. The minimum absolute atomic E-state index is 0.0374. The lowest BCUT2D eigenvalue weighted by atomic mass is 9.84. The Kier molecular flexibility index (Phi) is 35.7. The van der Waals surface area contributed by atoms with E-state index < -0.39 is 114 Å². The van der Waals surface area contributed by atoms with Crippen molar-refractivity contribution in [3.05, 3.63) is 65.7 Å². The summed E-state index contributed by atoms with van der Waals surface area (Å²) in [7, 11) is 4.50. The molecular weight excluding hydrogens is 1240 g/mol. The van der Waals surface area contributed by atoms with Gasteiger partial charge in [-0.25, -0.2) is 14.4 Å². The Labute approximate surface area is 567 Å². The highest BCUT2D eigenvalue weighted by molar-refractivity contribution is 5.98. The number of anilines is 1. The van der Waals surface area contributed by atoms with Gasteiger partial charge in [-0.1, -0.05) is 132 Å². The fraction of sp³-hybridized carbons (Fsp3) is 0.681. The summed E-state index contributed by atoms with van der Waals surface area (Å²) < 4.78 is 21.5. The van der Waals surface area contributed by atoms with E-state index in [0.717, 1.165) is 12.8 Å². The molecule has 1 heterocycles. The van der Waals surface area contributed by atoms with Crippen molar-refractivity contribution >= 4 is 65.3 Å². The van der Waals surface area contributed by atoms with Crippen LogP contribution >= 0.6 is 0 Å². The molecule has 0 radical (unpaired) electrons. The summed E-state index contributed by atoms with van der Waals surface area (Å²) in [6.45, 7) is 23.8. The molecule has 0 saturated carbocycles. The van der Waals surface area contributed by atoms with Gasteiger partial charge in [-0.15, -0.1) is 0 Å². The summed E-state index contributed by atoms with van der Waals surface area (Å²) in [5, 5.41) is 39.3. The maximum absolute atomic E-state index is 14.7. The van der Waals surface area contributed by atoms with Gasteiger partial charge in [0.2, 0.25) is 41.4 Å². The van der Waals surface area contributed by atoms with Gasteiger partial charge < -0.3 is 81.9 Å². The second kappa shape index (κ2) is 41.5. The highest BCUT2D eigenvalue weighted by atomic mass is 16.7. The first-order valence-electron chi connectivity index (χ1n) is 33.8. The number of hydrogen-bond acceptors (Lipinski definition) is 16. The summed E-state index contributed by atoms with van der Waals surface area (Å²) >= 11 is 0. The molecule has 1 aliphatic heterocycles. The zero-order valence-electron chi connectivity index (χ0n) is 59.4. The van der Waals surface area contributed by atoms with Gasteiger partial charge in [0.25, 0.3) is 0 Å². The molecule has 3 rings (SSSR count). The fourth-order valence-corrected chi connectivity index (χ4v) is 11.9. The third kappa shape index (κ3) is 26.1. The highest BCUT2D eigenvalue weighted by Gasteiger charge is 2.42. The molecule has 540 valence electrons. The lowest BCUT2D eigenvalue weighted by molar-refractivity contribution is -0.181. The second-order valence-electron chi connectivity index (χ2n) is 26.4. The van der Waals surface area contributed by atoms with Gasteiger partial charge >= 0.3 is 18.2 Å². The number of primary amides is 1. The van der Waals surface area contributed by atoms with Crippen molar-refractivity contribution in [3.63, 3.8) is 0 Å². The van der Waals surface area contributed by atoms with Crippen molar-refractivity contribution in [2.24, 2.45) is 47.2 Å². The van der Waals surface area contributed by atoms with E-state index in [1.54, 1.807) is 70.8 Å². The lowest BCUT2D eigenvalue weighted by Gasteiger charge is -2.40. The molecule has 0 bridgehead atoms. The Hall–Kier alpha value is -7.62. The van der Waals surface area contributed by atoms with E-state index in [0.29, 0.717) is 36.2 Å². The minimum Gasteiger partial charge on any atom is -0.445 e. The van der Waals surface area contributed by atoms with E-state index in [4.69, 9.17) is 24.7 Å². The Morgan fingerprint density at radius 1 is 0.708 bits per heavy atom. The van der Waals surface area contributed by atoms with E-state index in [2.05, 4.69) is 37.2 Å². The molecular formula is C69H113N11O16. The molecule has 0 aromatic heterocycles. The monoisotopic (exact) mass is 1350 g/mol. The van der Waals surface area contributed by atoms with Crippen LogP contribution < -0.4 is 43.0 Å². The summed E-state index contributed by atoms with van der Waals surface area (Å²) in [6.07, 6.45) is -1.05. The standard InChI is InChI=1S/C69H113N11O16/c1-17-43(9)60(44(10)36-55(83)80-35-23-27-53(80)45(11)46(12)62(85)73-47(13)61(84)49-24-20-19-21-25-49)78(14)66(89)58(41(5)6)77-65(88)59(42(7)8)79(15)69(92)95-38-48-28-30-50(31-29-48)74-63(86)52(26-22-33-71-67(70)90)75-64(87)57(40(3)4)76-54(82)32-34-72-68(91)94-39-56(93-16)96-51(18-2)37-81/h19-21,24-25,28-31,40-47,51-53,56-61,81,84H,17-18,22-23,26-27,32-39H2,1-16H3,(H,72,91)(H,73,85)(H,74,86)(H,75,87)(H,76,82)(H,77,88)(H3,70,71,90)/t43-,44+,45+,46+,47+,51?,52+,53-,56?,57+,58-,59-,60-,61+/m0/s1. The molecule has 27 nitrogen and oxygen atoms in total. The van der Waals surface area contributed by atoms with Crippen LogP contribution in [0.4, 0.5) is 20.1 Å². The summed E-state index contributed by atoms with van der Waals surface area (Å²) in [5.74, 6) is -5.26.